The number of rotatable bonds is 16. The van der Waals surface area contributed by atoms with Gasteiger partial charge in [-0.1, -0.05) is 142 Å². The average molecular weight is 713 g/mol. The highest BCUT2D eigenvalue weighted by Gasteiger charge is 2.52. The van der Waals surface area contributed by atoms with Crippen LogP contribution in [0.4, 0.5) is 0 Å². The van der Waals surface area contributed by atoms with Crippen LogP contribution in [0, 0.1) is 5.92 Å². The lowest BCUT2D eigenvalue weighted by Crippen LogP contribution is -2.67. The van der Waals surface area contributed by atoms with Gasteiger partial charge in [-0.3, -0.25) is 0 Å². The second-order valence-corrected chi connectivity index (χ2v) is 20.3. The fourth-order valence-corrected chi connectivity index (χ4v) is 13.5. The van der Waals surface area contributed by atoms with Gasteiger partial charge in [0.15, 0.2) is 0 Å². The van der Waals surface area contributed by atoms with E-state index in [0.717, 1.165) is 24.8 Å². The molecular weight excluding hydrogens is 664 g/mol. The number of hydrogen-bond donors (Lipinski definition) is 0. The molecule has 0 amide bonds. The van der Waals surface area contributed by atoms with Gasteiger partial charge in [0, 0.05) is 18.4 Å². The van der Waals surface area contributed by atoms with E-state index in [2.05, 4.69) is 87.5 Å². The first kappa shape index (κ1) is 37.0. The zero-order valence-corrected chi connectivity index (χ0v) is 31.5. The zero-order chi connectivity index (χ0) is 34.7. The summed E-state index contributed by atoms with van der Waals surface area (Å²) in [4.78, 5) is 0.746. The molecule has 2 atom stereocenters. The summed E-state index contributed by atoms with van der Waals surface area (Å²) in [6.07, 6.45) is 7.68. The van der Waals surface area contributed by atoms with Gasteiger partial charge in [-0.2, -0.15) is 0 Å². The van der Waals surface area contributed by atoms with E-state index < -0.39 is 18.2 Å². The minimum Gasteiger partial charge on any atom is -0.401 e. The Balaban J connectivity index is 1.38. The number of halogens is 1. The molecule has 0 fully saturated rings. The van der Waals surface area contributed by atoms with Gasteiger partial charge in [-0.05, 0) is 71.3 Å². The molecule has 0 saturated heterocycles. The molecule has 4 aromatic carbocycles. The molecule has 49 heavy (non-hydrogen) atoms. The van der Waals surface area contributed by atoms with Crippen LogP contribution in [0.15, 0.2) is 149 Å². The number of sulfone groups is 1. The van der Waals surface area contributed by atoms with E-state index in [4.69, 9.17) is 20.8 Å². The summed E-state index contributed by atoms with van der Waals surface area (Å²) >= 11 is 6.53. The molecule has 5 rings (SSSR count). The van der Waals surface area contributed by atoms with Crippen LogP contribution >= 0.6 is 11.6 Å². The second kappa shape index (κ2) is 17.1. The molecule has 4 nitrogen and oxygen atoms in total. The molecule has 0 spiro atoms. The molecule has 0 aliphatic heterocycles. The quantitative estimate of drug-likeness (QED) is 0.0503. The summed E-state index contributed by atoms with van der Waals surface area (Å²) in [6.45, 7) is 8.06. The van der Waals surface area contributed by atoms with E-state index in [1.165, 1.54) is 15.9 Å². The van der Waals surface area contributed by atoms with Crippen LogP contribution in [-0.4, -0.2) is 35.3 Å². The molecule has 0 saturated carbocycles. The number of alkyl halides is 1. The predicted molar refractivity (Wildman–Crippen MR) is 206 cm³/mol. The molecule has 0 aromatic heterocycles. The van der Waals surface area contributed by atoms with Crippen LogP contribution in [0.3, 0.4) is 0 Å². The normalized spacial score (nSPS) is 17.2. The van der Waals surface area contributed by atoms with Gasteiger partial charge in [-0.15, -0.1) is 11.6 Å². The standard InChI is InChI=1S/C42H49ClO4SSi/c1-42(2,3)49(39-24-14-6-15-25-39,40-26-16-7-17-27-40)47-37-30-36(41(31-37)48(44,45)38-22-12-5-13-23-38)29-35(32-43)21-11-8-18-28-46-33-34-19-9-4-10-20-34/h4-7,9-10,12-17,19-27,31,36-37H,8,11,18,28-30,32-33H2,1-3H3/b35-21+/t36-,37+/m0/s1. The van der Waals surface area contributed by atoms with Crippen molar-refractivity contribution in [2.75, 3.05) is 12.5 Å². The second-order valence-electron chi connectivity index (χ2n) is 13.9. The third kappa shape index (κ3) is 9.10. The van der Waals surface area contributed by atoms with Gasteiger partial charge >= 0.3 is 0 Å². The summed E-state index contributed by atoms with van der Waals surface area (Å²) in [7, 11) is -6.65. The fourth-order valence-electron chi connectivity index (χ4n) is 6.94. The Morgan fingerprint density at radius 2 is 1.37 bits per heavy atom. The highest BCUT2D eigenvalue weighted by Crippen LogP contribution is 2.43. The van der Waals surface area contributed by atoms with Crippen molar-refractivity contribution >= 4 is 40.1 Å². The average Bonchev–Trinajstić information content (AvgIpc) is 3.53. The Morgan fingerprint density at radius 3 is 1.92 bits per heavy atom. The largest absolute Gasteiger partial charge is 0.401 e. The maximum atomic E-state index is 14.2. The third-order valence-corrected chi connectivity index (χ3v) is 16.7. The molecule has 4 aromatic rings. The topological polar surface area (TPSA) is 52.6 Å². The minimum atomic E-state index is -3.74. The first-order chi connectivity index (χ1) is 23.6. The summed E-state index contributed by atoms with van der Waals surface area (Å²) < 4.78 is 41.8. The van der Waals surface area contributed by atoms with E-state index in [9.17, 15) is 8.42 Å². The molecule has 0 bridgehead atoms. The van der Waals surface area contributed by atoms with Crippen molar-refractivity contribution < 1.29 is 17.6 Å². The summed E-state index contributed by atoms with van der Waals surface area (Å²) in [5, 5.41) is 2.12. The van der Waals surface area contributed by atoms with Crippen molar-refractivity contribution in [3.8, 4) is 0 Å². The van der Waals surface area contributed by atoms with Crippen LogP contribution in [0.2, 0.25) is 5.04 Å². The Bertz CT molecular complexity index is 1730. The van der Waals surface area contributed by atoms with Gasteiger partial charge in [-0.25, -0.2) is 8.42 Å². The van der Waals surface area contributed by atoms with E-state index in [1.54, 1.807) is 24.3 Å². The van der Waals surface area contributed by atoms with Gasteiger partial charge in [0.2, 0.25) is 9.84 Å². The minimum absolute atomic E-state index is 0.230. The first-order valence-electron chi connectivity index (χ1n) is 17.3. The maximum absolute atomic E-state index is 14.2. The number of allylic oxidation sites excluding steroid dienone is 3. The van der Waals surface area contributed by atoms with Crippen molar-refractivity contribution in [3.63, 3.8) is 0 Å². The van der Waals surface area contributed by atoms with E-state index >= 15 is 0 Å². The highest BCUT2D eigenvalue weighted by atomic mass is 35.5. The molecule has 258 valence electrons. The molecule has 0 heterocycles. The molecule has 0 radical (unpaired) electrons. The Hall–Kier alpha value is -3.26. The summed E-state index contributed by atoms with van der Waals surface area (Å²) in [6, 6.07) is 40.0. The van der Waals surface area contributed by atoms with Crippen molar-refractivity contribution in [1.82, 2.24) is 0 Å². The van der Waals surface area contributed by atoms with Crippen molar-refractivity contribution in [1.29, 1.82) is 0 Å². The van der Waals surface area contributed by atoms with Gasteiger partial charge < -0.3 is 9.16 Å². The van der Waals surface area contributed by atoms with E-state index in [0.29, 0.717) is 41.7 Å². The zero-order valence-electron chi connectivity index (χ0n) is 28.9. The molecule has 1 aliphatic rings. The summed E-state index contributed by atoms with van der Waals surface area (Å²) in [5.41, 5.74) is 2.24. The predicted octanol–water partition coefficient (Wildman–Crippen LogP) is 9.25. The Labute approximate surface area is 299 Å². The highest BCUT2D eigenvalue weighted by molar-refractivity contribution is 7.95. The lowest BCUT2D eigenvalue weighted by molar-refractivity contribution is 0.117. The Morgan fingerprint density at radius 1 is 0.816 bits per heavy atom. The van der Waals surface area contributed by atoms with Crippen LogP contribution in [0.5, 0.6) is 0 Å². The molecule has 7 heteroatoms. The van der Waals surface area contributed by atoms with Gasteiger partial charge in [0.05, 0.1) is 22.5 Å². The molecular formula is C42H49ClO4SSi. The van der Waals surface area contributed by atoms with E-state index in [-0.39, 0.29) is 17.1 Å². The number of hydrogen-bond acceptors (Lipinski definition) is 4. The van der Waals surface area contributed by atoms with Crippen molar-refractivity contribution in [2.45, 2.75) is 75.5 Å². The fraction of sp³-hybridized carbons (Fsp3) is 0.333. The van der Waals surface area contributed by atoms with Crippen molar-refractivity contribution in [2.24, 2.45) is 5.92 Å². The molecule has 0 unspecified atom stereocenters. The maximum Gasteiger partial charge on any atom is 0.261 e. The van der Waals surface area contributed by atoms with Crippen LogP contribution in [0.25, 0.3) is 0 Å². The number of benzene rings is 4. The van der Waals surface area contributed by atoms with Crippen LogP contribution in [-0.2, 0) is 25.6 Å². The van der Waals surface area contributed by atoms with Gasteiger partial charge in [0.1, 0.15) is 0 Å². The lowest BCUT2D eigenvalue weighted by Gasteiger charge is -2.44. The van der Waals surface area contributed by atoms with Crippen molar-refractivity contribution in [3.05, 3.63) is 150 Å². The Kier molecular flexibility index (Phi) is 12.9. The van der Waals surface area contributed by atoms with Crippen LogP contribution < -0.4 is 10.4 Å². The monoisotopic (exact) mass is 712 g/mol. The SMILES string of the molecule is CC(C)(C)[Si](O[C@H]1C=C(S(=O)(=O)c2ccccc2)[C@@H](C/C(=C\CCCCOCc2ccccc2)CCl)C1)(c1ccccc1)c1ccccc1. The third-order valence-electron chi connectivity index (χ3n) is 9.35. The first-order valence-corrected chi connectivity index (χ1v) is 21.2. The smallest absolute Gasteiger partial charge is 0.261 e. The van der Waals surface area contributed by atoms with Gasteiger partial charge in [0.25, 0.3) is 8.32 Å². The van der Waals surface area contributed by atoms with Crippen LogP contribution in [0.1, 0.15) is 58.4 Å². The summed E-state index contributed by atoms with van der Waals surface area (Å²) in [5.74, 6) is 0.118. The van der Waals surface area contributed by atoms with E-state index in [1.807, 2.05) is 42.5 Å². The molecule has 0 N–H and O–H groups in total. The number of ether oxygens (including phenoxy) is 1. The molecule has 1 aliphatic carbocycles. The number of unbranched alkanes of at least 4 members (excludes halogenated alkanes) is 2. The lowest BCUT2D eigenvalue weighted by atomic mass is 9.98.